The van der Waals surface area contributed by atoms with Crippen LogP contribution in [0.25, 0.3) is 0 Å². The highest BCUT2D eigenvalue weighted by molar-refractivity contribution is 7.05. The van der Waals surface area contributed by atoms with Crippen molar-refractivity contribution < 1.29 is 14.3 Å². The summed E-state index contributed by atoms with van der Waals surface area (Å²) in [5.41, 5.74) is 0.116. The monoisotopic (exact) mass is 319 g/mol. The zero-order valence-corrected chi connectivity index (χ0v) is 13.7. The molecule has 0 radical (unpaired) electrons. The number of pyridine rings is 1. The lowest BCUT2D eigenvalue weighted by molar-refractivity contribution is 0.00691. The first kappa shape index (κ1) is 16.1. The van der Waals surface area contributed by atoms with Gasteiger partial charge in [-0.2, -0.15) is 4.37 Å². The minimum absolute atomic E-state index is 0.331. The second-order valence-electron chi connectivity index (χ2n) is 5.71. The second-order valence-corrected chi connectivity index (χ2v) is 6.72. The summed E-state index contributed by atoms with van der Waals surface area (Å²) in [6.45, 7) is 7.26. The molecule has 2 rings (SSSR count). The number of hydrogen-bond donors (Lipinski definition) is 1. The number of aromatic nitrogens is 2. The number of nitrogens with one attached hydrogen (secondary N) is 1. The first-order chi connectivity index (χ1) is 10.2. The summed E-state index contributed by atoms with van der Waals surface area (Å²) < 4.78 is 9.27. The van der Waals surface area contributed by atoms with Gasteiger partial charge in [0.05, 0.1) is 5.56 Å². The van der Waals surface area contributed by atoms with Gasteiger partial charge in [0, 0.05) is 11.1 Å². The number of rotatable bonds is 3. The molecule has 0 unspecified atom stereocenters. The van der Waals surface area contributed by atoms with Crippen molar-refractivity contribution in [2.24, 2.45) is 0 Å². The maximum absolute atomic E-state index is 11.9. The van der Waals surface area contributed by atoms with Gasteiger partial charge in [0.1, 0.15) is 17.1 Å². The van der Waals surface area contributed by atoms with Crippen LogP contribution < -0.4 is 5.32 Å². The highest BCUT2D eigenvalue weighted by Crippen LogP contribution is 2.14. The average Bonchev–Trinajstić information content (AvgIpc) is 2.84. The van der Waals surface area contributed by atoms with Crippen molar-refractivity contribution in [2.75, 3.05) is 5.32 Å². The number of ether oxygens (including phenoxy) is 1. The van der Waals surface area contributed by atoms with Crippen LogP contribution in [0.1, 0.15) is 46.5 Å². The SMILES string of the molecule is Cc1cc(C(=O)Nc2ccc(C(=O)OC(C)(C)C)cn2)ns1. The molecule has 0 spiro atoms. The summed E-state index contributed by atoms with van der Waals surface area (Å²) in [5, 5.41) is 2.63. The standard InChI is InChI=1S/C15H17N3O3S/c1-9-7-11(18-22-9)13(19)17-12-6-5-10(8-16-12)14(20)21-15(2,3)4/h5-8H,1-4H3,(H,16,17,19). The van der Waals surface area contributed by atoms with Crippen LogP contribution in [0.4, 0.5) is 5.82 Å². The van der Waals surface area contributed by atoms with E-state index in [4.69, 9.17) is 4.74 Å². The smallest absolute Gasteiger partial charge is 0.340 e. The van der Waals surface area contributed by atoms with Gasteiger partial charge in [-0.1, -0.05) is 0 Å². The van der Waals surface area contributed by atoms with Crippen molar-refractivity contribution in [3.05, 3.63) is 40.5 Å². The minimum Gasteiger partial charge on any atom is -0.456 e. The van der Waals surface area contributed by atoms with Crippen LogP contribution in [-0.2, 0) is 4.74 Å². The molecular weight excluding hydrogens is 302 g/mol. The highest BCUT2D eigenvalue weighted by Gasteiger charge is 2.18. The molecule has 6 nitrogen and oxygen atoms in total. The quantitative estimate of drug-likeness (QED) is 0.879. The zero-order valence-electron chi connectivity index (χ0n) is 12.8. The highest BCUT2D eigenvalue weighted by atomic mass is 32.1. The van der Waals surface area contributed by atoms with Crippen molar-refractivity contribution in [3.8, 4) is 0 Å². The van der Waals surface area contributed by atoms with Crippen LogP contribution in [0, 0.1) is 6.92 Å². The van der Waals surface area contributed by atoms with Crippen LogP contribution >= 0.6 is 11.5 Å². The van der Waals surface area contributed by atoms with Crippen molar-refractivity contribution in [2.45, 2.75) is 33.3 Å². The Bertz CT molecular complexity index is 687. The van der Waals surface area contributed by atoms with Gasteiger partial charge < -0.3 is 10.1 Å². The van der Waals surface area contributed by atoms with Gasteiger partial charge in [-0.25, -0.2) is 9.78 Å². The minimum atomic E-state index is -0.563. The molecular formula is C15H17N3O3S. The fourth-order valence-electron chi connectivity index (χ4n) is 1.58. The Morgan fingerprint density at radius 1 is 1.27 bits per heavy atom. The molecule has 116 valence electrons. The zero-order chi connectivity index (χ0) is 16.3. The molecule has 0 aliphatic carbocycles. The Hall–Kier alpha value is -2.28. The van der Waals surface area contributed by atoms with E-state index in [2.05, 4.69) is 14.7 Å². The van der Waals surface area contributed by atoms with Gasteiger partial charge in [0.2, 0.25) is 0 Å². The van der Waals surface area contributed by atoms with E-state index in [1.54, 1.807) is 39.0 Å². The predicted octanol–water partition coefficient (Wildman–Crippen LogP) is 3.05. The first-order valence-electron chi connectivity index (χ1n) is 6.69. The number of amides is 1. The number of esters is 1. The second kappa shape index (κ2) is 6.23. The Morgan fingerprint density at radius 3 is 2.50 bits per heavy atom. The molecule has 7 heteroatoms. The maximum atomic E-state index is 11.9. The van der Waals surface area contributed by atoms with E-state index in [1.165, 1.54) is 17.7 Å². The number of anilines is 1. The molecule has 0 atom stereocenters. The summed E-state index contributed by atoms with van der Waals surface area (Å²) in [6.07, 6.45) is 1.37. The van der Waals surface area contributed by atoms with Crippen LogP contribution in [0.2, 0.25) is 0 Å². The van der Waals surface area contributed by atoms with Gasteiger partial charge in [0.25, 0.3) is 5.91 Å². The molecule has 0 saturated carbocycles. The third-order valence-corrected chi connectivity index (χ3v) is 3.19. The van der Waals surface area contributed by atoms with Crippen molar-refractivity contribution in [1.29, 1.82) is 0 Å². The Kier molecular flexibility index (Phi) is 4.56. The maximum Gasteiger partial charge on any atom is 0.340 e. The molecule has 0 fully saturated rings. The lowest BCUT2D eigenvalue weighted by Crippen LogP contribution is -2.24. The van der Waals surface area contributed by atoms with E-state index in [0.29, 0.717) is 17.1 Å². The van der Waals surface area contributed by atoms with E-state index in [9.17, 15) is 9.59 Å². The summed E-state index contributed by atoms with van der Waals surface area (Å²) in [5.74, 6) is -0.433. The molecule has 2 heterocycles. The van der Waals surface area contributed by atoms with E-state index in [0.717, 1.165) is 4.88 Å². The molecule has 22 heavy (non-hydrogen) atoms. The normalized spacial score (nSPS) is 11.1. The van der Waals surface area contributed by atoms with Crippen LogP contribution in [0.15, 0.2) is 24.4 Å². The summed E-state index contributed by atoms with van der Waals surface area (Å²) in [4.78, 5) is 28.8. The fraction of sp³-hybridized carbons (Fsp3) is 0.333. The summed E-state index contributed by atoms with van der Waals surface area (Å²) in [6, 6.07) is 4.81. The molecule has 1 amide bonds. The van der Waals surface area contributed by atoms with Crippen LogP contribution in [0.5, 0.6) is 0 Å². The number of carbonyl (C=O) groups excluding carboxylic acids is 2. The van der Waals surface area contributed by atoms with Gasteiger partial charge in [-0.3, -0.25) is 4.79 Å². The molecule has 0 aromatic carbocycles. The first-order valence-corrected chi connectivity index (χ1v) is 7.46. The number of carbonyl (C=O) groups is 2. The third kappa shape index (κ3) is 4.36. The fourth-order valence-corrected chi connectivity index (χ4v) is 2.12. The molecule has 0 aliphatic heterocycles. The van der Waals surface area contributed by atoms with Gasteiger partial charge in [-0.15, -0.1) is 0 Å². The number of nitrogens with zero attached hydrogens (tertiary/aromatic N) is 2. The van der Waals surface area contributed by atoms with Crippen LogP contribution in [0.3, 0.4) is 0 Å². The largest absolute Gasteiger partial charge is 0.456 e. The van der Waals surface area contributed by atoms with Gasteiger partial charge in [-0.05, 0) is 57.4 Å². The van der Waals surface area contributed by atoms with Crippen molar-refractivity contribution >= 4 is 29.2 Å². The summed E-state index contributed by atoms with van der Waals surface area (Å²) in [7, 11) is 0. The van der Waals surface area contributed by atoms with E-state index < -0.39 is 11.6 Å². The number of aryl methyl sites for hydroxylation is 1. The molecule has 0 saturated heterocycles. The van der Waals surface area contributed by atoms with E-state index >= 15 is 0 Å². The molecule has 2 aromatic heterocycles. The lowest BCUT2D eigenvalue weighted by atomic mass is 10.2. The molecule has 1 N–H and O–H groups in total. The molecule has 0 bridgehead atoms. The van der Waals surface area contributed by atoms with Gasteiger partial charge in [0.15, 0.2) is 0 Å². The van der Waals surface area contributed by atoms with Crippen molar-refractivity contribution in [1.82, 2.24) is 9.36 Å². The Balaban J connectivity index is 2.03. The Labute approximate surface area is 132 Å². The Morgan fingerprint density at radius 2 is 2.00 bits per heavy atom. The lowest BCUT2D eigenvalue weighted by Gasteiger charge is -2.19. The third-order valence-electron chi connectivity index (χ3n) is 2.50. The predicted molar refractivity (Wildman–Crippen MR) is 84.2 cm³/mol. The van der Waals surface area contributed by atoms with Gasteiger partial charge >= 0.3 is 5.97 Å². The van der Waals surface area contributed by atoms with Crippen LogP contribution in [-0.4, -0.2) is 26.8 Å². The topological polar surface area (TPSA) is 81.2 Å². The molecule has 0 aliphatic rings. The molecule has 2 aromatic rings. The van der Waals surface area contributed by atoms with E-state index in [1.807, 2.05) is 6.92 Å². The summed E-state index contributed by atoms with van der Waals surface area (Å²) >= 11 is 1.26. The number of hydrogen-bond acceptors (Lipinski definition) is 6. The average molecular weight is 319 g/mol. The van der Waals surface area contributed by atoms with Crippen molar-refractivity contribution in [3.63, 3.8) is 0 Å². The van der Waals surface area contributed by atoms with E-state index in [-0.39, 0.29) is 5.91 Å².